The first kappa shape index (κ1) is 15.0. The predicted octanol–water partition coefficient (Wildman–Crippen LogP) is 2.00. The third kappa shape index (κ3) is 2.87. The quantitative estimate of drug-likeness (QED) is 0.912. The van der Waals surface area contributed by atoms with Gasteiger partial charge in [0.2, 0.25) is 0 Å². The van der Waals surface area contributed by atoms with Gasteiger partial charge >= 0.3 is 0 Å². The van der Waals surface area contributed by atoms with Crippen molar-refractivity contribution >= 4 is 11.6 Å². The Morgan fingerprint density at radius 2 is 1.90 bits per heavy atom. The van der Waals surface area contributed by atoms with E-state index in [0.717, 1.165) is 37.6 Å². The molecule has 0 spiro atoms. The van der Waals surface area contributed by atoms with E-state index in [4.69, 9.17) is 0 Å². The topological polar surface area (TPSA) is 44.3 Å². The fourth-order valence-corrected chi connectivity index (χ4v) is 2.95. The number of rotatable bonds is 4. The lowest BCUT2D eigenvalue weighted by molar-refractivity contribution is 0.169. The molecule has 112 valence electrons. The smallest absolute Gasteiger partial charge is 0.137 e. The maximum absolute atomic E-state index is 4.58. The third-order valence-electron chi connectivity index (χ3n) is 4.32. The van der Waals surface area contributed by atoms with Crippen LogP contribution in [0.1, 0.15) is 32.8 Å². The van der Waals surface area contributed by atoms with E-state index in [1.54, 1.807) is 6.33 Å². The van der Waals surface area contributed by atoms with Gasteiger partial charge in [0.1, 0.15) is 18.0 Å². The van der Waals surface area contributed by atoms with E-state index in [1.165, 1.54) is 5.56 Å². The molecule has 0 bridgehead atoms. The summed E-state index contributed by atoms with van der Waals surface area (Å²) in [5, 5.41) is 3.20. The molecule has 5 nitrogen and oxygen atoms in total. The first-order valence-corrected chi connectivity index (χ1v) is 7.57. The summed E-state index contributed by atoms with van der Waals surface area (Å²) >= 11 is 0. The lowest BCUT2D eigenvalue weighted by Gasteiger charge is -2.43. The maximum atomic E-state index is 4.58. The Labute approximate surface area is 122 Å². The van der Waals surface area contributed by atoms with Crippen molar-refractivity contribution in [3.63, 3.8) is 0 Å². The van der Waals surface area contributed by atoms with Crippen LogP contribution >= 0.6 is 0 Å². The minimum atomic E-state index is 0.543. The number of anilines is 2. The fraction of sp³-hybridized carbons (Fsp3) is 0.733. The van der Waals surface area contributed by atoms with E-state index < -0.39 is 0 Å². The van der Waals surface area contributed by atoms with E-state index in [1.807, 2.05) is 7.05 Å². The summed E-state index contributed by atoms with van der Waals surface area (Å²) in [5.74, 6) is 2.08. The minimum Gasteiger partial charge on any atom is -0.373 e. The number of nitrogens with one attached hydrogen (secondary N) is 1. The first-order valence-electron chi connectivity index (χ1n) is 7.57. The van der Waals surface area contributed by atoms with Gasteiger partial charge in [0.25, 0.3) is 0 Å². The van der Waals surface area contributed by atoms with Crippen molar-refractivity contribution in [2.24, 2.45) is 0 Å². The lowest BCUT2D eigenvalue weighted by atomic mass is 10.1. The zero-order valence-corrected chi connectivity index (χ0v) is 13.3. The van der Waals surface area contributed by atoms with Gasteiger partial charge in [0.05, 0.1) is 0 Å². The summed E-state index contributed by atoms with van der Waals surface area (Å²) in [5.41, 5.74) is 1.25. The molecule has 1 saturated heterocycles. The first-order chi connectivity index (χ1) is 9.58. The van der Waals surface area contributed by atoms with Crippen LogP contribution in [0.15, 0.2) is 6.33 Å². The van der Waals surface area contributed by atoms with Crippen molar-refractivity contribution in [3.05, 3.63) is 11.9 Å². The van der Waals surface area contributed by atoms with Crippen molar-refractivity contribution in [2.75, 3.05) is 37.4 Å². The molecule has 5 heteroatoms. The second kappa shape index (κ2) is 6.39. The van der Waals surface area contributed by atoms with Gasteiger partial charge in [-0.05, 0) is 27.3 Å². The van der Waals surface area contributed by atoms with Crippen LogP contribution in [0.5, 0.6) is 0 Å². The largest absolute Gasteiger partial charge is 0.373 e. The fourth-order valence-electron chi connectivity index (χ4n) is 2.95. The molecule has 0 saturated carbocycles. The minimum absolute atomic E-state index is 0.543. The molecule has 0 radical (unpaired) electrons. The zero-order chi connectivity index (χ0) is 14.7. The van der Waals surface area contributed by atoms with Gasteiger partial charge in [-0.1, -0.05) is 13.3 Å². The second-order valence-corrected chi connectivity index (χ2v) is 5.79. The van der Waals surface area contributed by atoms with Gasteiger partial charge in [-0.3, -0.25) is 4.90 Å². The summed E-state index contributed by atoms with van der Waals surface area (Å²) < 4.78 is 0. The molecule has 2 rings (SSSR count). The molecular formula is C15H27N5. The molecule has 2 heterocycles. The highest BCUT2D eigenvalue weighted by Gasteiger charge is 2.28. The van der Waals surface area contributed by atoms with Gasteiger partial charge in [0.15, 0.2) is 0 Å². The molecule has 1 aliphatic heterocycles. The Morgan fingerprint density at radius 1 is 1.25 bits per heavy atom. The molecular weight excluding hydrogens is 250 g/mol. The average molecular weight is 277 g/mol. The number of nitrogens with zero attached hydrogens (tertiary/aromatic N) is 4. The number of hydrogen-bond acceptors (Lipinski definition) is 5. The molecule has 0 aliphatic carbocycles. The molecule has 0 amide bonds. The summed E-state index contributed by atoms with van der Waals surface area (Å²) in [6.07, 6.45) is 3.79. The average Bonchev–Trinajstić information content (AvgIpc) is 2.44. The highest BCUT2D eigenvalue weighted by molar-refractivity contribution is 5.59. The highest BCUT2D eigenvalue weighted by Crippen LogP contribution is 2.27. The zero-order valence-electron chi connectivity index (χ0n) is 13.3. The summed E-state index contributed by atoms with van der Waals surface area (Å²) in [4.78, 5) is 13.8. The maximum Gasteiger partial charge on any atom is 0.137 e. The lowest BCUT2D eigenvalue weighted by Crippen LogP contribution is -2.55. The standard InChI is InChI=1S/C15H27N5/c1-6-7-13-14(16-4)17-10-18-15(13)20-8-11(2)19(5)12(3)9-20/h10-12H,6-9H2,1-5H3,(H,16,17,18). The Balaban J connectivity index is 2.32. The van der Waals surface area contributed by atoms with Crippen LogP contribution in [-0.2, 0) is 6.42 Å². The van der Waals surface area contributed by atoms with Gasteiger partial charge in [-0.25, -0.2) is 9.97 Å². The van der Waals surface area contributed by atoms with Crippen molar-refractivity contribution in [1.29, 1.82) is 0 Å². The van der Waals surface area contributed by atoms with Crippen molar-refractivity contribution in [3.8, 4) is 0 Å². The number of hydrogen-bond donors (Lipinski definition) is 1. The van der Waals surface area contributed by atoms with Crippen LogP contribution in [0, 0.1) is 0 Å². The van der Waals surface area contributed by atoms with E-state index in [2.05, 4.69) is 52.9 Å². The van der Waals surface area contributed by atoms with Crippen molar-refractivity contribution in [2.45, 2.75) is 45.7 Å². The molecule has 1 N–H and O–H groups in total. The second-order valence-electron chi connectivity index (χ2n) is 5.79. The van der Waals surface area contributed by atoms with E-state index >= 15 is 0 Å². The van der Waals surface area contributed by atoms with Crippen LogP contribution in [0.3, 0.4) is 0 Å². The Hall–Kier alpha value is -1.36. The SMILES string of the molecule is CCCc1c(NC)ncnc1N1CC(C)N(C)C(C)C1. The van der Waals surface area contributed by atoms with Gasteiger partial charge in [-0.2, -0.15) is 0 Å². The summed E-state index contributed by atoms with van der Waals surface area (Å²) in [7, 11) is 4.14. The van der Waals surface area contributed by atoms with E-state index in [-0.39, 0.29) is 0 Å². The highest BCUT2D eigenvalue weighted by atomic mass is 15.3. The normalized spacial score (nSPS) is 23.9. The molecule has 1 aliphatic rings. The van der Waals surface area contributed by atoms with E-state index in [9.17, 15) is 0 Å². The molecule has 2 atom stereocenters. The summed E-state index contributed by atoms with van der Waals surface area (Å²) in [6, 6.07) is 1.09. The van der Waals surface area contributed by atoms with Crippen LogP contribution < -0.4 is 10.2 Å². The van der Waals surface area contributed by atoms with Crippen LogP contribution in [-0.4, -0.2) is 54.1 Å². The number of piperazine rings is 1. The molecule has 1 fully saturated rings. The molecule has 1 aromatic rings. The van der Waals surface area contributed by atoms with Gasteiger partial charge in [0, 0.05) is 37.8 Å². The van der Waals surface area contributed by atoms with Crippen molar-refractivity contribution < 1.29 is 0 Å². The predicted molar refractivity (Wildman–Crippen MR) is 84.5 cm³/mol. The number of aromatic nitrogens is 2. The molecule has 0 aromatic carbocycles. The Morgan fingerprint density at radius 3 is 2.45 bits per heavy atom. The van der Waals surface area contributed by atoms with Crippen LogP contribution in [0.4, 0.5) is 11.6 Å². The summed E-state index contributed by atoms with van der Waals surface area (Å²) in [6.45, 7) is 8.81. The van der Waals surface area contributed by atoms with E-state index in [0.29, 0.717) is 12.1 Å². The molecule has 20 heavy (non-hydrogen) atoms. The van der Waals surface area contributed by atoms with Crippen LogP contribution in [0.25, 0.3) is 0 Å². The van der Waals surface area contributed by atoms with Crippen molar-refractivity contribution in [1.82, 2.24) is 14.9 Å². The third-order valence-corrected chi connectivity index (χ3v) is 4.32. The Bertz CT molecular complexity index is 436. The number of likely N-dealkylation sites (N-methyl/N-ethyl adjacent to an activating group) is 1. The van der Waals surface area contributed by atoms with Crippen LogP contribution in [0.2, 0.25) is 0 Å². The Kier molecular flexibility index (Phi) is 4.81. The molecule has 2 unspecified atom stereocenters. The van der Waals surface area contributed by atoms with Gasteiger partial charge in [-0.15, -0.1) is 0 Å². The monoisotopic (exact) mass is 277 g/mol. The molecule has 1 aromatic heterocycles. The van der Waals surface area contributed by atoms with Gasteiger partial charge < -0.3 is 10.2 Å².